The van der Waals surface area contributed by atoms with Gasteiger partial charge in [-0.15, -0.1) is 0 Å². The second-order valence-corrected chi connectivity index (χ2v) is 3.65. The summed E-state index contributed by atoms with van der Waals surface area (Å²) in [6, 6.07) is 8.14. The van der Waals surface area contributed by atoms with Crippen LogP contribution in [0.25, 0.3) is 0 Å². The van der Waals surface area contributed by atoms with Gasteiger partial charge in [-0.25, -0.2) is 0 Å². The molecule has 2 heteroatoms. The quantitative estimate of drug-likeness (QED) is 0.692. The Morgan fingerprint density at radius 1 is 1.27 bits per heavy atom. The SMILES string of the molecule is CCCCc1ccccc1COC(C)=O. The minimum absolute atomic E-state index is 0.222. The molecule has 0 atom stereocenters. The van der Waals surface area contributed by atoms with Crippen molar-refractivity contribution in [3.63, 3.8) is 0 Å². The van der Waals surface area contributed by atoms with Crippen LogP contribution in [0, 0.1) is 0 Å². The van der Waals surface area contributed by atoms with E-state index < -0.39 is 0 Å². The first-order valence-electron chi connectivity index (χ1n) is 5.44. The summed E-state index contributed by atoms with van der Waals surface area (Å²) < 4.78 is 5.01. The van der Waals surface area contributed by atoms with Crippen molar-refractivity contribution in [1.82, 2.24) is 0 Å². The third kappa shape index (κ3) is 4.15. The highest BCUT2D eigenvalue weighted by molar-refractivity contribution is 5.65. The van der Waals surface area contributed by atoms with Crippen LogP contribution in [0.5, 0.6) is 0 Å². The maximum Gasteiger partial charge on any atom is 0.302 e. The van der Waals surface area contributed by atoms with E-state index in [2.05, 4.69) is 13.0 Å². The van der Waals surface area contributed by atoms with Gasteiger partial charge in [-0.1, -0.05) is 37.6 Å². The molecule has 0 aliphatic rings. The highest BCUT2D eigenvalue weighted by atomic mass is 16.5. The maximum atomic E-state index is 10.7. The molecule has 0 bridgehead atoms. The smallest absolute Gasteiger partial charge is 0.302 e. The van der Waals surface area contributed by atoms with Crippen LogP contribution in [-0.4, -0.2) is 5.97 Å². The first-order chi connectivity index (χ1) is 7.24. The van der Waals surface area contributed by atoms with Crippen LogP contribution in [0.1, 0.15) is 37.8 Å². The molecular weight excluding hydrogens is 188 g/mol. The fraction of sp³-hybridized carbons (Fsp3) is 0.462. The van der Waals surface area contributed by atoms with E-state index in [0.29, 0.717) is 6.61 Å². The molecular formula is C13H18O2. The zero-order valence-corrected chi connectivity index (χ0v) is 9.45. The van der Waals surface area contributed by atoms with E-state index in [1.165, 1.54) is 25.3 Å². The van der Waals surface area contributed by atoms with E-state index in [-0.39, 0.29) is 5.97 Å². The third-order valence-corrected chi connectivity index (χ3v) is 2.35. The number of esters is 1. The molecule has 0 aliphatic heterocycles. The van der Waals surface area contributed by atoms with Crippen molar-refractivity contribution in [3.05, 3.63) is 35.4 Å². The molecule has 0 N–H and O–H groups in total. The number of hydrogen-bond acceptors (Lipinski definition) is 2. The van der Waals surface area contributed by atoms with Gasteiger partial charge in [-0.2, -0.15) is 0 Å². The van der Waals surface area contributed by atoms with Crippen LogP contribution in [-0.2, 0) is 22.6 Å². The van der Waals surface area contributed by atoms with Crippen LogP contribution in [0.4, 0.5) is 0 Å². The minimum atomic E-state index is -0.222. The topological polar surface area (TPSA) is 26.3 Å². The molecule has 0 fully saturated rings. The number of rotatable bonds is 5. The normalized spacial score (nSPS) is 10.0. The van der Waals surface area contributed by atoms with Gasteiger partial charge in [0.25, 0.3) is 0 Å². The number of carbonyl (C=O) groups excluding carboxylic acids is 1. The summed E-state index contributed by atoms with van der Waals surface area (Å²) in [6.07, 6.45) is 3.42. The fourth-order valence-electron chi connectivity index (χ4n) is 1.49. The second-order valence-electron chi connectivity index (χ2n) is 3.65. The lowest BCUT2D eigenvalue weighted by molar-refractivity contribution is -0.142. The van der Waals surface area contributed by atoms with E-state index in [1.54, 1.807) is 0 Å². The Morgan fingerprint density at radius 2 is 1.93 bits per heavy atom. The Kier molecular flexibility index (Phi) is 4.88. The van der Waals surface area contributed by atoms with Crippen molar-refractivity contribution in [1.29, 1.82) is 0 Å². The zero-order chi connectivity index (χ0) is 11.1. The van der Waals surface area contributed by atoms with Crippen molar-refractivity contribution in [2.45, 2.75) is 39.7 Å². The van der Waals surface area contributed by atoms with Crippen LogP contribution in [0.2, 0.25) is 0 Å². The zero-order valence-electron chi connectivity index (χ0n) is 9.45. The molecule has 82 valence electrons. The predicted molar refractivity (Wildman–Crippen MR) is 60.5 cm³/mol. The number of ether oxygens (including phenoxy) is 1. The molecule has 1 rings (SSSR count). The van der Waals surface area contributed by atoms with E-state index in [1.807, 2.05) is 18.2 Å². The summed E-state index contributed by atoms with van der Waals surface area (Å²) in [7, 11) is 0. The van der Waals surface area contributed by atoms with Crippen LogP contribution in [0.15, 0.2) is 24.3 Å². The van der Waals surface area contributed by atoms with E-state index in [4.69, 9.17) is 4.74 Å². The van der Waals surface area contributed by atoms with E-state index in [9.17, 15) is 4.79 Å². The van der Waals surface area contributed by atoms with Gasteiger partial charge in [-0.3, -0.25) is 4.79 Å². The molecule has 0 aliphatic carbocycles. The molecule has 0 saturated heterocycles. The molecule has 0 spiro atoms. The van der Waals surface area contributed by atoms with Gasteiger partial charge in [0, 0.05) is 6.92 Å². The van der Waals surface area contributed by atoms with E-state index >= 15 is 0 Å². The van der Waals surface area contributed by atoms with Crippen molar-refractivity contribution in [3.8, 4) is 0 Å². The average molecular weight is 206 g/mol. The number of carbonyl (C=O) groups is 1. The van der Waals surface area contributed by atoms with Gasteiger partial charge in [0.2, 0.25) is 0 Å². The predicted octanol–water partition coefficient (Wildman–Crippen LogP) is 3.09. The summed E-state index contributed by atoms with van der Waals surface area (Å²) in [5, 5.41) is 0. The van der Waals surface area contributed by atoms with Crippen molar-refractivity contribution >= 4 is 5.97 Å². The summed E-state index contributed by atoms with van der Waals surface area (Å²) in [5.74, 6) is -0.222. The largest absolute Gasteiger partial charge is 0.461 e. The molecule has 0 unspecified atom stereocenters. The maximum absolute atomic E-state index is 10.7. The lowest BCUT2D eigenvalue weighted by Crippen LogP contribution is -2.01. The van der Waals surface area contributed by atoms with Crippen LogP contribution in [0.3, 0.4) is 0 Å². The van der Waals surface area contributed by atoms with Gasteiger partial charge < -0.3 is 4.74 Å². The Labute approximate surface area is 91.3 Å². The van der Waals surface area contributed by atoms with Crippen LogP contribution < -0.4 is 0 Å². The fourth-order valence-corrected chi connectivity index (χ4v) is 1.49. The number of hydrogen-bond donors (Lipinski definition) is 0. The second kappa shape index (κ2) is 6.23. The summed E-state index contributed by atoms with van der Waals surface area (Å²) >= 11 is 0. The van der Waals surface area contributed by atoms with Crippen molar-refractivity contribution in [2.75, 3.05) is 0 Å². The molecule has 15 heavy (non-hydrogen) atoms. The number of unbranched alkanes of at least 4 members (excludes halogenated alkanes) is 1. The Hall–Kier alpha value is -1.31. The van der Waals surface area contributed by atoms with Gasteiger partial charge in [0.1, 0.15) is 6.61 Å². The van der Waals surface area contributed by atoms with Gasteiger partial charge in [0.05, 0.1) is 0 Å². The van der Waals surface area contributed by atoms with Crippen LogP contribution >= 0.6 is 0 Å². The molecule has 0 heterocycles. The lowest BCUT2D eigenvalue weighted by Gasteiger charge is -2.08. The summed E-state index contributed by atoms with van der Waals surface area (Å²) in [5.41, 5.74) is 2.42. The minimum Gasteiger partial charge on any atom is -0.461 e. The van der Waals surface area contributed by atoms with E-state index in [0.717, 1.165) is 12.0 Å². The van der Waals surface area contributed by atoms with Crippen molar-refractivity contribution < 1.29 is 9.53 Å². The van der Waals surface area contributed by atoms with Gasteiger partial charge in [-0.05, 0) is 24.0 Å². The molecule has 0 aromatic heterocycles. The molecule has 0 amide bonds. The highest BCUT2D eigenvalue weighted by Crippen LogP contribution is 2.13. The van der Waals surface area contributed by atoms with Crippen molar-refractivity contribution in [2.24, 2.45) is 0 Å². The first-order valence-corrected chi connectivity index (χ1v) is 5.44. The standard InChI is InChI=1S/C13H18O2/c1-3-4-7-12-8-5-6-9-13(12)10-15-11(2)14/h5-6,8-9H,3-4,7,10H2,1-2H3. The molecule has 0 saturated carbocycles. The molecule has 1 aromatic carbocycles. The highest BCUT2D eigenvalue weighted by Gasteiger charge is 2.02. The Morgan fingerprint density at radius 3 is 2.53 bits per heavy atom. The monoisotopic (exact) mass is 206 g/mol. The first kappa shape index (κ1) is 11.8. The van der Waals surface area contributed by atoms with Gasteiger partial charge >= 0.3 is 5.97 Å². The van der Waals surface area contributed by atoms with Gasteiger partial charge in [0.15, 0.2) is 0 Å². The number of aryl methyl sites for hydroxylation is 1. The summed E-state index contributed by atoms with van der Waals surface area (Å²) in [4.78, 5) is 10.7. The Bertz CT molecular complexity index is 318. The summed E-state index contributed by atoms with van der Waals surface area (Å²) in [6.45, 7) is 4.01. The number of benzene rings is 1. The molecule has 0 radical (unpaired) electrons. The average Bonchev–Trinajstić information content (AvgIpc) is 2.24. The third-order valence-electron chi connectivity index (χ3n) is 2.35. The molecule has 1 aromatic rings. The molecule has 2 nitrogen and oxygen atoms in total. The lowest BCUT2D eigenvalue weighted by atomic mass is 10.0. The Balaban J connectivity index is 2.63.